The van der Waals surface area contributed by atoms with Gasteiger partial charge in [0.25, 0.3) is 0 Å². The van der Waals surface area contributed by atoms with Gasteiger partial charge in [0, 0.05) is 5.57 Å². The second-order valence-corrected chi connectivity index (χ2v) is 1.96. The van der Waals surface area contributed by atoms with E-state index in [0.29, 0.717) is 6.26 Å². The van der Waals surface area contributed by atoms with Crippen molar-refractivity contribution >= 4 is 11.8 Å². The van der Waals surface area contributed by atoms with Gasteiger partial charge in [0.1, 0.15) is 0 Å². The van der Waals surface area contributed by atoms with E-state index in [1.165, 1.54) is 14.0 Å². The first-order chi connectivity index (χ1) is 5.11. The van der Waals surface area contributed by atoms with Crippen molar-refractivity contribution in [2.24, 2.45) is 0 Å². The fourth-order valence-corrected chi connectivity index (χ4v) is 0.489. The Morgan fingerprint density at radius 3 is 2.36 bits per heavy atom. The molecule has 0 spiro atoms. The van der Waals surface area contributed by atoms with Gasteiger partial charge in [-0.3, -0.25) is 9.59 Å². The maximum atomic E-state index is 10.6. The fraction of sp³-hybridized carbons (Fsp3) is 0.429. The molecule has 0 radical (unpaired) electrons. The molecule has 0 atom stereocenters. The van der Waals surface area contributed by atoms with Crippen molar-refractivity contribution in [1.82, 2.24) is 0 Å². The van der Waals surface area contributed by atoms with Gasteiger partial charge in [0.15, 0.2) is 5.78 Å². The minimum atomic E-state index is -0.541. The van der Waals surface area contributed by atoms with Crippen LogP contribution in [0.1, 0.15) is 13.3 Å². The van der Waals surface area contributed by atoms with Gasteiger partial charge in [0.2, 0.25) is 0 Å². The van der Waals surface area contributed by atoms with E-state index >= 15 is 0 Å². The second kappa shape index (κ2) is 4.49. The topological polar surface area (TPSA) is 63.6 Å². The lowest BCUT2D eigenvalue weighted by Crippen LogP contribution is -2.06. The summed E-state index contributed by atoms with van der Waals surface area (Å²) in [6.45, 7) is 1.27. The summed E-state index contributed by atoms with van der Waals surface area (Å²) in [6, 6.07) is 0. The average Bonchev–Trinajstić information content (AvgIpc) is 1.99. The zero-order chi connectivity index (χ0) is 8.85. The van der Waals surface area contributed by atoms with Crippen molar-refractivity contribution in [3.63, 3.8) is 0 Å². The first-order valence-corrected chi connectivity index (χ1v) is 3.02. The first kappa shape index (κ1) is 9.68. The molecule has 0 aromatic heterocycles. The number of carbonyl (C=O) groups is 2. The summed E-state index contributed by atoms with van der Waals surface area (Å²) in [7, 11) is 1.22. The van der Waals surface area contributed by atoms with E-state index in [0.717, 1.165) is 0 Å². The molecule has 4 nitrogen and oxygen atoms in total. The van der Waals surface area contributed by atoms with Crippen LogP contribution in [0.2, 0.25) is 0 Å². The molecule has 0 aromatic carbocycles. The Balaban J connectivity index is 4.12. The Morgan fingerprint density at radius 1 is 1.55 bits per heavy atom. The van der Waals surface area contributed by atoms with E-state index in [1.807, 2.05) is 0 Å². The van der Waals surface area contributed by atoms with Crippen molar-refractivity contribution < 1.29 is 19.4 Å². The summed E-state index contributed by atoms with van der Waals surface area (Å²) < 4.78 is 4.29. The van der Waals surface area contributed by atoms with Gasteiger partial charge in [-0.05, 0) is 6.92 Å². The number of hydrogen-bond acceptors (Lipinski definition) is 4. The van der Waals surface area contributed by atoms with Crippen LogP contribution in [-0.2, 0) is 14.3 Å². The molecule has 0 rings (SSSR count). The Hall–Kier alpha value is -1.32. The molecule has 0 heterocycles. The number of ether oxygens (including phenoxy) is 1. The normalized spacial score (nSPS) is 10.9. The zero-order valence-corrected chi connectivity index (χ0v) is 6.46. The second-order valence-electron chi connectivity index (χ2n) is 1.96. The van der Waals surface area contributed by atoms with Gasteiger partial charge in [-0.2, -0.15) is 0 Å². The lowest BCUT2D eigenvalue weighted by atomic mass is 10.1. The molecule has 0 unspecified atom stereocenters. The third-order valence-corrected chi connectivity index (χ3v) is 1.17. The summed E-state index contributed by atoms with van der Waals surface area (Å²) >= 11 is 0. The largest absolute Gasteiger partial charge is 0.515 e. The van der Waals surface area contributed by atoms with Crippen LogP contribution in [0.3, 0.4) is 0 Å². The molecule has 0 aliphatic carbocycles. The highest BCUT2D eigenvalue weighted by molar-refractivity contribution is 5.97. The summed E-state index contributed by atoms with van der Waals surface area (Å²) in [5, 5.41) is 8.45. The Labute approximate surface area is 64.5 Å². The van der Waals surface area contributed by atoms with E-state index in [1.54, 1.807) is 0 Å². The van der Waals surface area contributed by atoms with Gasteiger partial charge in [0.05, 0.1) is 19.8 Å². The number of ketones is 1. The summed E-state index contributed by atoms with van der Waals surface area (Å²) in [5.74, 6) is -0.876. The molecule has 0 amide bonds. The van der Waals surface area contributed by atoms with E-state index < -0.39 is 5.97 Å². The number of methoxy groups -OCH3 is 1. The average molecular weight is 158 g/mol. The summed E-state index contributed by atoms with van der Waals surface area (Å²) in [4.78, 5) is 21.1. The molecular weight excluding hydrogens is 148 g/mol. The number of Topliss-reactive ketones (excluding diaryl/α,β-unsaturated/α-hetero) is 1. The van der Waals surface area contributed by atoms with E-state index in [9.17, 15) is 9.59 Å². The summed E-state index contributed by atoms with van der Waals surface area (Å²) in [6.07, 6.45) is 0.446. The maximum absolute atomic E-state index is 10.6. The lowest BCUT2D eigenvalue weighted by molar-refractivity contribution is -0.140. The number of carbonyl (C=O) groups excluding carboxylic acids is 2. The maximum Gasteiger partial charge on any atom is 0.310 e. The number of aliphatic hydroxyl groups is 1. The van der Waals surface area contributed by atoms with E-state index in [4.69, 9.17) is 5.11 Å². The van der Waals surface area contributed by atoms with Crippen LogP contribution in [-0.4, -0.2) is 24.0 Å². The molecule has 1 N–H and O–H groups in total. The van der Waals surface area contributed by atoms with Gasteiger partial charge >= 0.3 is 5.97 Å². The molecule has 0 saturated carbocycles. The van der Waals surface area contributed by atoms with Crippen molar-refractivity contribution in [2.75, 3.05) is 7.11 Å². The van der Waals surface area contributed by atoms with Crippen molar-refractivity contribution in [3.8, 4) is 0 Å². The molecular formula is C7H10O4. The highest BCUT2D eigenvalue weighted by Gasteiger charge is 2.09. The van der Waals surface area contributed by atoms with Crippen LogP contribution in [0.5, 0.6) is 0 Å². The van der Waals surface area contributed by atoms with Gasteiger partial charge in [-0.15, -0.1) is 0 Å². The molecule has 0 aromatic rings. The van der Waals surface area contributed by atoms with E-state index in [2.05, 4.69) is 4.74 Å². The van der Waals surface area contributed by atoms with Crippen LogP contribution in [0.4, 0.5) is 0 Å². The summed E-state index contributed by atoms with van der Waals surface area (Å²) in [5.41, 5.74) is 0.0526. The minimum absolute atomic E-state index is 0.0526. The smallest absolute Gasteiger partial charge is 0.310 e. The molecule has 0 fully saturated rings. The number of aliphatic hydroxyl groups excluding tert-OH is 1. The zero-order valence-electron chi connectivity index (χ0n) is 6.46. The Bertz CT molecular complexity index is 193. The molecule has 62 valence electrons. The monoisotopic (exact) mass is 158 g/mol. The highest BCUT2D eigenvalue weighted by atomic mass is 16.5. The molecule has 0 aliphatic rings. The Morgan fingerprint density at radius 2 is 2.09 bits per heavy atom. The van der Waals surface area contributed by atoms with Crippen LogP contribution in [0.15, 0.2) is 11.8 Å². The van der Waals surface area contributed by atoms with Crippen LogP contribution >= 0.6 is 0 Å². The standard InChI is InChI=1S/C7H10O4/c1-5(9)6(4-8)3-7(10)11-2/h4,8H,3H2,1-2H3/b6-4-. The van der Waals surface area contributed by atoms with Crippen molar-refractivity contribution in [2.45, 2.75) is 13.3 Å². The predicted molar refractivity (Wildman–Crippen MR) is 38.0 cm³/mol. The molecule has 11 heavy (non-hydrogen) atoms. The quantitative estimate of drug-likeness (QED) is 0.370. The number of hydrogen-bond donors (Lipinski definition) is 1. The number of rotatable bonds is 3. The molecule has 0 bridgehead atoms. The number of esters is 1. The van der Waals surface area contributed by atoms with Gasteiger partial charge < -0.3 is 9.84 Å². The van der Waals surface area contributed by atoms with Crippen molar-refractivity contribution in [1.29, 1.82) is 0 Å². The fourth-order valence-electron chi connectivity index (χ4n) is 0.489. The van der Waals surface area contributed by atoms with Crippen LogP contribution < -0.4 is 0 Å². The predicted octanol–water partition coefficient (Wildman–Crippen LogP) is 0.580. The van der Waals surface area contributed by atoms with Crippen LogP contribution in [0.25, 0.3) is 0 Å². The minimum Gasteiger partial charge on any atom is -0.515 e. The lowest BCUT2D eigenvalue weighted by Gasteiger charge is -1.98. The van der Waals surface area contributed by atoms with Crippen molar-refractivity contribution in [3.05, 3.63) is 11.8 Å². The molecule has 0 saturated heterocycles. The highest BCUT2D eigenvalue weighted by Crippen LogP contribution is 2.02. The van der Waals surface area contributed by atoms with E-state index in [-0.39, 0.29) is 17.8 Å². The third kappa shape index (κ3) is 3.40. The Kier molecular flexibility index (Phi) is 3.95. The SMILES string of the molecule is COC(=O)C/C(=C/O)C(C)=O. The van der Waals surface area contributed by atoms with Gasteiger partial charge in [-0.1, -0.05) is 0 Å². The molecule has 0 aliphatic heterocycles. The first-order valence-electron chi connectivity index (χ1n) is 3.02. The van der Waals surface area contributed by atoms with Gasteiger partial charge in [-0.25, -0.2) is 0 Å². The molecule has 4 heteroatoms. The van der Waals surface area contributed by atoms with Crippen LogP contribution in [0, 0.1) is 0 Å². The third-order valence-electron chi connectivity index (χ3n) is 1.17.